The molecule has 164 valence electrons. The fraction of sp³-hybridized carbons (Fsp3) is 0.565. The first-order chi connectivity index (χ1) is 15.1. The first-order valence-corrected chi connectivity index (χ1v) is 11.3. The lowest BCUT2D eigenvalue weighted by atomic mass is 9.95. The maximum atomic E-state index is 13.2. The van der Waals surface area contributed by atoms with E-state index < -0.39 is 0 Å². The van der Waals surface area contributed by atoms with Gasteiger partial charge in [0.2, 0.25) is 0 Å². The summed E-state index contributed by atoms with van der Waals surface area (Å²) >= 11 is 0. The zero-order chi connectivity index (χ0) is 21.4. The molecule has 0 spiro atoms. The third-order valence-corrected chi connectivity index (χ3v) is 6.71. The monoisotopic (exact) mass is 422 g/mol. The molecule has 1 aromatic carbocycles. The number of tetrazole rings is 1. The van der Waals surface area contributed by atoms with Crippen molar-refractivity contribution in [3.63, 3.8) is 0 Å². The summed E-state index contributed by atoms with van der Waals surface area (Å²) in [5, 5.41) is 13.7. The lowest BCUT2D eigenvalue weighted by molar-refractivity contribution is 0.0894. The quantitative estimate of drug-likeness (QED) is 0.680. The number of fused-ring (bicyclic) bond motifs is 1. The van der Waals surface area contributed by atoms with E-state index in [9.17, 15) is 4.79 Å². The molecule has 2 atom stereocenters. The van der Waals surface area contributed by atoms with E-state index in [-0.39, 0.29) is 17.7 Å². The molecule has 0 aliphatic carbocycles. The third-order valence-electron chi connectivity index (χ3n) is 6.71. The standard InChI is InChI=1S/C23H30N6O2/c1-15-7-9-28(10-8-15)21(22-25-26-27-29(22)14-18-4-3-11-31-18)19-13-17-12-16(2)5-6-20(17)24-23(19)30/h5-6,12-13,15,18,21H,3-4,7-11,14H2,1-2H3,(H,24,30)/t18-,21-/m1/s1. The van der Waals surface area contributed by atoms with Crippen LogP contribution in [-0.4, -0.2) is 55.9 Å². The van der Waals surface area contributed by atoms with E-state index in [0.29, 0.717) is 18.0 Å². The largest absolute Gasteiger partial charge is 0.376 e. The molecule has 0 bridgehead atoms. The summed E-state index contributed by atoms with van der Waals surface area (Å²) in [4.78, 5) is 18.7. The van der Waals surface area contributed by atoms with Crippen LogP contribution in [0.1, 0.15) is 55.6 Å². The molecular formula is C23H30N6O2. The average molecular weight is 423 g/mol. The van der Waals surface area contributed by atoms with E-state index in [0.717, 1.165) is 67.7 Å². The number of hydrogen-bond acceptors (Lipinski definition) is 6. The van der Waals surface area contributed by atoms with Crippen molar-refractivity contribution in [2.75, 3.05) is 19.7 Å². The van der Waals surface area contributed by atoms with E-state index in [1.54, 1.807) is 0 Å². The molecule has 3 aromatic rings. The average Bonchev–Trinajstić information content (AvgIpc) is 3.43. The van der Waals surface area contributed by atoms with E-state index in [4.69, 9.17) is 4.74 Å². The molecule has 5 rings (SSSR count). The molecule has 2 saturated heterocycles. The summed E-state index contributed by atoms with van der Waals surface area (Å²) in [6.07, 6.45) is 4.42. The number of aromatic nitrogens is 5. The fourth-order valence-corrected chi connectivity index (χ4v) is 4.85. The second-order valence-corrected chi connectivity index (χ2v) is 9.12. The highest BCUT2D eigenvalue weighted by Gasteiger charge is 2.33. The van der Waals surface area contributed by atoms with Crippen LogP contribution in [0.4, 0.5) is 0 Å². The van der Waals surface area contributed by atoms with Gasteiger partial charge in [0.25, 0.3) is 5.56 Å². The molecule has 2 aliphatic heterocycles. The minimum atomic E-state index is -0.280. The summed E-state index contributed by atoms with van der Waals surface area (Å²) in [7, 11) is 0. The number of rotatable bonds is 5. The smallest absolute Gasteiger partial charge is 0.253 e. The molecule has 2 fully saturated rings. The van der Waals surface area contributed by atoms with Gasteiger partial charge >= 0.3 is 0 Å². The molecule has 0 radical (unpaired) electrons. The Morgan fingerprint density at radius 2 is 2.06 bits per heavy atom. The van der Waals surface area contributed by atoms with Gasteiger partial charge in [-0.2, -0.15) is 0 Å². The Morgan fingerprint density at radius 3 is 2.84 bits per heavy atom. The van der Waals surface area contributed by atoms with Crippen molar-refractivity contribution in [1.82, 2.24) is 30.1 Å². The summed E-state index contributed by atoms with van der Waals surface area (Å²) in [6.45, 7) is 7.61. The van der Waals surface area contributed by atoms with Gasteiger partial charge in [-0.15, -0.1) is 5.10 Å². The van der Waals surface area contributed by atoms with Gasteiger partial charge in [0, 0.05) is 17.7 Å². The van der Waals surface area contributed by atoms with Crippen LogP contribution in [0.25, 0.3) is 10.9 Å². The Hall–Kier alpha value is -2.58. The second-order valence-electron chi connectivity index (χ2n) is 9.12. The minimum Gasteiger partial charge on any atom is -0.376 e. The normalized spacial score (nSPS) is 21.7. The van der Waals surface area contributed by atoms with Crippen molar-refractivity contribution in [1.29, 1.82) is 0 Å². The van der Waals surface area contributed by atoms with Crippen LogP contribution in [0.3, 0.4) is 0 Å². The highest BCUT2D eigenvalue weighted by molar-refractivity contribution is 5.79. The topological polar surface area (TPSA) is 88.9 Å². The third kappa shape index (κ3) is 4.14. The number of hydrogen-bond donors (Lipinski definition) is 1. The summed E-state index contributed by atoms with van der Waals surface area (Å²) < 4.78 is 7.67. The van der Waals surface area contributed by atoms with Crippen LogP contribution in [0, 0.1) is 12.8 Å². The molecule has 0 amide bonds. The van der Waals surface area contributed by atoms with Crippen molar-refractivity contribution in [2.24, 2.45) is 5.92 Å². The molecule has 8 nitrogen and oxygen atoms in total. The molecule has 31 heavy (non-hydrogen) atoms. The van der Waals surface area contributed by atoms with Gasteiger partial charge in [-0.3, -0.25) is 9.69 Å². The van der Waals surface area contributed by atoms with Crippen molar-refractivity contribution in [2.45, 2.75) is 58.2 Å². The zero-order valence-corrected chi connectivity index (χ0v) is 18.3. The number of nitrogens with zero attached hydrogens (tertiary/aromatic N) is 5. The summed E-state index contributed by atoms with van der Waals surface area (Å²) in [6, 6.07) is 7.84. The maximum absolute atomic E-state index is 13.2. The Labute approximate surface area is 181 Å². The van der Waals surface area contributed by atoms with Gasteiger partial charge in [0.05, 0.1) is 12.6 Å². The highest BCUT2D eigenvalue weighted by atomic mass is 16.5. The number of H-pyrrole nitrogens is 1. The van der Waals surface area contributed by atoms with Crippen molar-refractivity contribution >= 4 is 10.9 Å². The summed E-state index contributed by atoms with van der Waals surface area (Å²) in [5.41, 5.74) is 2.64. The fourth-order valence-electron chi connectivity index (χ4n) is 4.85. The number of piperidine rings is 1. The number of pyridine rings is 1. The number of benzene rings is 1. The Morgan fingerprint density at radius 1 is 1.23 bits per heavy atom. The van der Waals surface area contributed by atoms with Crippen LogP contribution in [0.2, 0.25) is 0 Å². The molecule has 0 saturated carbocycles. The van der Waals surface area contributed by atoms with Crippen molar-refractivity contribution in [3.05, 3.63) is 51.6 Å². The summed E-state index contributed by atoms with van der Waals surface area (Å²) in [5.74, 6) is 1.42. The van der Waals surface area contributed by atoms with Gasteiger partial charge in [0.15, 0.2) is 5.82 Å². The van der Waals surface area contributed by atoms with Crippen LogP contribution < -0.4 is 5.56 Å². The first kappa shape index (κ1) is 20.3. The highest BCUT2D eigenvalue weighted by Crippen LogP contribution is 2.31. The van der Waals surface area contributed by atoms with E-state index >= 15 is 0 Å². The Kier molecular flexibility index (Phi) is 5.58. The van der Waals surface area contributed by atoms with E-state index in [1.165, 1.54) is 0 Å². The molecule has 8 heteroatoms. The zero-order valence-electron chi connectivity index (χ0n) is 18.3. The Bertz CT molecular complexity index is 1110. The predicted octanol–water partition coefficient (Wildman–Crippen LogP) is 2.82. The predicted molar refractivity (Wildman–Crippen MR) is 118 cm³/mol. The number of ether oxygens (including phenoxy) is 1. The van der Waals surface area contributed by atoms with Gasteiger partial charge in [-0.05, 0) is 85.6 Å². The maximum Gasteiger partial charge on any atom is 0.253 e. The second kappa shape index (κ2) is 8.51. The van der Waals surface area contributed by atoms with Crippen molar-refractivity contribution in [3.8, 4) is 0 Å². The molecule has 2 aliphatic rings. The van der Waals surface area contributed by atoms with Gasteiger partial charge in [0.1, 0.15) is 6.04 Å². The lowest BCUT2D eigenvalue weighted by Crippen LogP contribution is -2.40. The Balaban J connectivity index is 1.59. The van der Waals surface area contributed by atoms with Crippen LogP contribution >= 0.6 is 0 Å². The van der Waals surface area contributed by atoms with Crippen molar-refractivity contribution < 1.29 is 4.74 Å². The SMILES string of the molecule is Cc1ccc2[nH]c(=O)c([C@H](c3nnnn3C[C@H]3CCCO3)N3CCC(C)CC3)cc2c1. The van der Waals surface area contributed by atoms with Crippen LogP contribution in [0.5, 0.6) is 0 Å². The minimum absolute atomic E-state index is 0.0772. The molecule has 0 unspecified atom stereocenters. The van der Waals surface area contributed by atoms with E-state index in [2.05, 4.69) is 45.3 Å². The molecule has 1 N–H and O–H groups in total. The number of aromatic amines is 1. The van der Waals surface area contributed by atoms with Crippen LogP contribution in [-0.2, 0) is 11.3 Å². The molecular weight excluding hydrogens is 392 g/mol. The van der Waals surface area contributed by atoms with Gasteiger partial charge < -0.3 is 9.72 Å². The van der Waals surface area contributed by atoms with Gasteiger partial charge in [-0.25, -0.2) is 4.68 Å². The number of likely N-dealkylation sites (tertiary alicyclic amines) is 1. The first-order valence-electron chi connectivity index (χ1n) is 11.3. The molecule has 2 aromatic heterocycles. The molecule has 4 heterocycles. The number of nitrogens with one attached hydrogen (secondary N) is 1. The van der Waals surface area contributed by atoms with Gasteiger partial charge in [-0.1, -0.05) is 18.6 Å². The van der Waals surface area contributed by atoms with Crippen LogP contribution in [0.15, 0.2) is 29.1 Å². The van der Waals surface area contributed by atoms with E-state index in [1.807, 2.05) is 22.9 Å². The lowest BCUT2D eigenvalue weighted by Gasteiger charge is -2.36. The number of aryl methyl sites for hydroxylation is 1.